The first-order chi connectivity index (χ1) is 13.3. The highest BCUT2D eigenvalue weighted by Crippen LogP contribution is 2.27. The lowest BCUT2D eigenvalue weighted by atomic mass is 9.96. The second kappa shape index (κ2) is 8.64. The van der Waals surface area contributed by atoms with Gasteiger partial charge in [-0.2, -0.15) is 4.31 Å². The van der Waals surface area contributed by atoms with Crippen LogP contribution >= 0.6 is 11.6 Å². The molecule has 1 aliphatic rings. The van der Waals surface area contributed by atoms with E-state index in [2.05, 4.69) is 12.2 Å². The summed E-state index contributed by atoms with van der Waals surface area (Å²) < 4.78 is 27.0. The molecular weight excluding hydrogens is 396 g/mol. The van der Waals surface area contributed by atoms with Gasteiger partial charge in [0.15, 0.2) is 0 Å². The van der Waals surface area contributed by atoms with Gasteiger partial charge in [0.05, 0.1) is 4.90 Å². The van der Waals surface area contributed by atoms with Gasteiger partial charge in [-0.15, -0.1) is 0 Å². The topological polar surface area (TPSA) is 66.5 Å². The monoisotopic (exact) mass is 420 g/mol. The molecule has 0 aliphatic carbocycles. The van der Waals surface area contributed by atoms with E-state index in [4.69, 9.17) is 11.6 Å². The smallest absolute Gasteiger partial charge is 0.243 e. The average Bonchev–Trinajstić information content (AvgIpc) is 2.70. The van der Waals surface area contributed by atoms with Crippen molar-refractivity contribution in [3.63, 3.8) is 0 Å². The number of carbonyl (C=O) groups excluding carboxylic acids is 1. The highest BCUT2D eigenvalue weighted by molar-refractivity contribution is 7.89. The van der Waals surface area contributed by atoms with Crippen LogP contribution in [0.2, 0.25) is 5.02 Å². The normalized spacial score (nSPS) is 16.1. The van der Waals surface area contributed by atoms with E-state index in [1.807, 2.05) is 25.1 Å². The Morgan fingerprint density at radius 2 is 1.79 bits per heavy atom. The molecule has 2 aromatic carbocycles. The molecule has 0 bridgehead atoms. The maximum Gasteiger partial charge on any atom is 0.243 e. The summed E-state index contributed by atoms with van der Waals surface area (Å²) in [5.74, 6) is -0.228. The molecule has 0 unspecified atom stereocenters. The van der Waals surface area contributed by atoms with Gasteiger partial charge in [0, 0.05) is 29.7 Å². The summed E-state index contributed by atoms with van der Waals surface area (Å²) in [7, 11) is -3.56. The largest absolute Gasteiger partial charge is 0.325 e. The number of halogens is 1. The van der Waals surface area contributed by atoms with Crippen LogP contribution < -0.4 is 5.32 Å². The van der Waals surface area contributed by atoms with Gasteiger partial charge in [0.2, 0.25) is 15.9 Å². The molecule has 0 aromatic heterocycles. The quantitative estimate of drug-likeness (QED) is 0.786. The molecule has 28 heavy (non-hydrogen) atoms. The number of sulfonamides is 1. The van der Waals surface area contributed by atoms with Crippen molar-refractivity contribution in [1.29, 1.82) is 0 Å². The third kappa shape index (κ3) is 4.40. The number of hydrogen-bond donors (Lipinski definition) is 1. The van der Waals surface area contributed by atoms with E-state index in [1.54, 1.807) is 12.1 Å². The number of nitrogens with one attached hydrogen (secondary N) is 1. The second-order valence-electron chi connectivity index (χ2n) is 7.08. The lowest BCUT2D eigenvalue weighted by Gasteiger charge is -2.30. The van der Waals surface area contributed by atoms with E-state index in [-0.39, 0.29) is 16.7 Å². The predicted octanol–water partition coefficient (Wildman–Crippen LogP) is 4.25. The first-order valence-electron chi connectivity index (χ1n) is 9.48. The Morgan fingerprint density at radius 3 is 2.39 bits per heavy atom. The average molecular weight is 421 g/mol. The molecule has 0 radical (unpaired) electrons. The number of hydrogen-bond acceptors (Lipinski definition) is 3. The molecule has 1 aliphatic heterocycles. The maximum atomic E-state index is 12.8. The maximum absolute atomic E-state index is 12.8. The minimum atomic E-state index is -3.56. The molecule has 0 saturated carbocycles. The minimum absolute atomic E-state index is 0.0347. The molecule has 2 aromatic rings. The fourth-order valence-electron chi connectivity index (χ4n) is 3.54. The van der Waals surface area contributed by atoms with Crippen molar-refractivity contribution in [3.05, 3.63) is 58.6 Å². The Hall–Kier alpha value is -1.89. The van der Waals surface area contributed by atoms with Crippen LogP contribution in [0.15, 0.2) is 47.4 Å². The van der Waals surface area contributed by atoms with Crippen LogP contribution in [0.4, 0.5) is 5.69 Å². The van der Waals surface area contributed by atoms with Crippen molar-refractivity contribution in [3.8, 4) is 0 Å². The number of amides is 1. The fraction of sp³-hybridized carbons (Fsp3) is 0.381. The van der Waals surface area contributed by atoms with Crippen molar-refractivity contribution in [2.75, 3.05) is 18.4 Å². The first kappa shape index (κ1) is 20.8. The van der Waals surface area contributed by atoms with Gasteiger partial charge in [0.1, 0.15) is 0 Å². The Kier molecular flexibility index (Phi) is 6.43. The Labute approximate surface area is 171 Å². The van der Waals surface area contributed by atoms with Crippen LogP contribution in [0, 0.1) is 12.8 Å². The molecule has 1 N–H and O–H groups in total. The SMILES string of the molecule is CCc1cccc(C)c1NC(=O)C1CCN(S(=O)(=O)c2ccc(Cl)cc2)CC1. The number of para-hydroxylation sites is 1. The van der Waals surface area contributed by atoms with E-state index in [9.17, 15) is 13.2 Å². The highest BCUT2D eigenvalue weighted by atomic mass is 35.5. The Bertz CT molecular complexity index is 950. The number of rotatable bonds is 5. The van der Waals surface area contributed by atoms with E-state index in [0.717, 1.165) is 23.2 Å². The first-order valence-corrected chi connectivity index (χ1v) is 11.3. The molecule has 3 rings (SSSR count). The predicted molar refractivity (Wildman–Crippen MR) is 112 cm³/mol. The zero-order chi connectivity index (χ0) is 20.3. The van der Waals surface area contributed by atoms with Gasteiger partial charge in [-0.1, -0.05) is 36.7 Å². The summed E-state index contributed by atoms with van der Waals surface area (Å²) in [5, 5.41) is 3.57. The van der Waals surface area contributed by atoms with E-state index < -0.39 is 10.0 Å². The van der Waals surface area contributed by atoms with Crippen LogP contribution in [0.25, 0.3) is 0 Å². The molecule has 0 atom stereocenters. The second-order valence-corrected chi connectivity index (χ2v) is 9.46. The number of piperidine rings is 1. The molecule has 1 fully saturated rings. The molecule has 0 spiro atoms. The zero-order valence-corrected chi connectivity index (χ0v) is 17.7. The molecule has 1 heterocycles. The Morgan fingerprint density at radius 1 is 1.14 bits per heavy atom. The summed E-state index contributed by atoms with van der Waals surface area (Å²) >= 11 is 5.85. The molecule has 150 valence electrons. The number of anilines is 1. The summed E-state index contributed by atoms with van der Waals surface area (Å²) in [6, 6.07) is 12.2. The number of carbonyl (C=O) groups is 1. The third-order valence-electron chi connectivity index (χ3n) is 5.26. The number of aryl methyl sites for hydroxylation is 2. The minimum Gasteiger partial charge on any atom is -0.325 e. The number of nitrogens with zero attached hydrogens (tertiary/aromatic N) is 1. The molecular formula is C21H25ClN2O3S. The van der Waals surface area contributed by atoms with Gasteiger partial charge in [-0.3, -0.25) is 4.79 Å². The van der Waals surface area contributed by atoms with Crippen LogP contribution in [-0.2, 0) is 21.2 Å². The van der Waals surface area contributed by atoms with Crippen molar-refractivity contribution < 1.29 is 13.2 Å². The van der Waals surface area contributed by atoms with Gasteiger partial charge in [-0.25, -0.2) is 8.42 Å². The molecule has 1 amide bonds. The van der Waals surface area contributed by atoms with Crippen molar-refractivity contribution in [1.82, 2.24) is 4.31 Å². The van der Waals surface area contributed by atoms with Gasteiger partial charge in [0.25, 0.3) is 0 Å². The van der Waals surface area contributed by atoms with Crippen LogP contribution in [0.3, 0.4) is 0 Å². The van der Waals surface area contributed by atoms with E-state index >= 15 is 0 Å². The van der Waals surface area contributed by atoms with E-state index in [0.29, 0.717) is 31.0 Å². The van der Waals surface area contributed by atoms with E-state index in [1.165, 1.54) is 16.4 Å². The summed E-state index contributed by atoms with van der Waals surface area (Å²) in [6.07, 6.45) is 1.85. The lowest BCUT2D eigenvalue weighted by molar-refractivity contribution is -0.120. The van der Waals surface area contributed by atoms with Crippen LogP contribution in [0.5, 0.6) is 0 Å². The summed E-state index contributed by atoms with van der Waals surface area (Å²) in [6.45, 7) is 4.70. The van der Waals surface area contributed by atoms with Crippen molar-refractivity contribution >= 4 is 33.2 Å². The van der Waals surface area contributed by atoms with Crippen molar-refractivity contribution in [2.24, 2.45) is 5.92 Å². The lowest BCUT2D eigenvalue weighted by Crippen LogP contribution is -2.41. The summed E-state index contributed by atoms with van der Waals surface area (Å²) in [5.41, 5.74) is 3.03. The molecule has 1 saturated heterocycles. The summed E-state index contributed by atoms with van der Waals surface area (Å²) in [4.78, 5) is 13.0. The number of benzene rings is 2. The standard InChI is InChI=1S/C21H25ClN2O3S/c1-3-16-6-4-5-15(2)20(16)23-21(25)17-11-13-24(14-12-17)28(26,27)19-9-7-18(22)8-10-19/h4-10,17H,3,11-14H2,1-2H3,(H,23,25). The fourth-order valence-corrected chi connectivity index (χ4v) is 5.14. The van der Waals surface area contributed by atoms with Crippen LogP contribution in [0.1, 0.15) is 30.9 Å². The third-order valence-corrected chi connectivity index (χ3v) is 7.43. The molecule has 5 nitrogen and oxygen atoms in total. The molecule has 7 heteroatoms. The zero-order valence-electron chi connectivity index (χ0n) is 16.1. The van der Waals surface area contributed by atoms with Gasteiger partial charge >= 0.3 is 0 Å². The van der Waals surface area contributed by atoms with Gasteiger partial charge < -0.3 is 5.32 Å². The van der Waals surface area contributed by atoms with Gasteiger partial charge in [-0.05, 0) is 61.6 Å². The Balaban J connectivity index is 1.65. The highest BCUT2D eigenvalue weighted by Gasteiger charge is 2.32. The van der Waals surface area contributed by atoms with Crippen molar-refractivity contribution in [2.45, 2.75) is 38.0 Å². The van der Waals surface area contributed by atoms with Crippen LogP contribution in [-0.4, -0.2) is 31.7 Å².